The van der Waals surface area contributed by atoms with E-state index in [-0.39, 0.29) is 5.91 Å². The van der Waals surface area contributed by atoms with E-state index in [0.717, 1.165) is 23.8 Å². The largest absolute Gasteiger partial charge is 0.334 e. The van der Waals surface area contributed by atoms with Crippen molar-refractivity contribution in [2.24, 2.45) is 5.92 Å². The van der Waals surface area contributed by atoms with Crippen molar-refractivity contribution in [3.8, 4) is 0 Å². The minimum Gasteiger partial charge on any atom is -0.334 e. The summed E-state index contributed by atoms with van der Waals surface area (Å²) >= 11 is 1.41. The smallest absolute Gasteiger partial charge is 0.273 e. The lowest BCUT2D eigenvalue weighted by Gasteiger charge is -2.25. The van der Waals surface area contributed by atoms with Gasteiger partial charge in [0.15, 0.2) is 0 Å². The predicted octanol–water partition coefficient (Wildman–Crippen LogP) is 2.08. The molecule has 0 aromatic carbocycles. The topological polar surface area (TPSA) is 33.2 Å². The Labute approximate surface area is 93.3 Å². The molecule has 2 atom stereocenters. The fourth-order valence-electron chi connectivity index (χ4n) is 2.48. The number of aromatic nitrogens is 1. The van der Waals surface area contributed by atoms with Gasteiger partial charge in [-0.25, -0.2) is 0 Å². The van der Waals surface area contributed by atoms with Gasteiger partial charge >= 0.3 is 0 Å². The lowest BCUT2D eigenvalue weighted by Crippen LogP contribution is -2.37. The van der Waals surface area contributed by atoms with E-state index in [9.17, 15) is 4.79 Å². The van der Waals surface area contributed by atoms with E-state index >= 15 is 0 Å². The number of carbonyl (C=O) groups excluding carboxylic acids is 1. The highest BCUT2D eigenvalue weighted by Gasteiger charge is 2.46. The average Bonchev–Trinajstić information content (AvgIpc) is 2.91. The number of amides is 1. The molecule has 1 saturated heterocycles. The summed E-state index contributed by atoms with van der Waals surface area (Å²) in [6, 6.07) is 2.44. The van der Waals surface area contributed by atoms with Crippen molar-refractivity contribution in [1.82, 2.24) is 9.27 Å². The molecule has 3 rings (SSSR count). The minimum atomic E-state index is 0.145. The van der Waals surface area contributed by atoms with Crippen LogP contribution < -0.4 is 0 Å². The molecule has 0 N–H and O–H groups in total. The fourth-order valence-corrected chi connectivity index (χ4v) is 3.02. The van der Waals surface area contributed by atoms with Crippen molar-refractivity contribution in [2.45, 2.75) is 32.2 Å². The number of carbonyl (C=O) groups is 1. The Balaban J connectivity index is 1.79. The summed E-state index contributed by atoms with van der Waals surface area (Å²) in [5.41, 5.74) is 0.644. The first kappa shape index (κ1) is 9.33. The molecule has 2 aliphatic rings. The van der Waals surface area contributed by atoms with Crippen molar-refractivity contribution in [2.75, 3.05) is 6.54 Å². The molecule has 15 heavy (non-hydrogen) atoms. The first-order valence-electron chi connectivity index (χ1n) is 5.50. The van der Waals surface area contributed by atoms with Crippen molar-refractivity contribution in [1.29, 1.82) is 0 Å². The van der Waals surface area contributed by atoms with Gasteiger partial charge in [-0.05, 0) is 49.7 Å². The van der Waals surface area contributed by atoms with Gasteiger partial charge in [0.05, 0.1) is 0 Å². The van der Waals surface area contributed by atoms with Crippen LogP contribution in [-0.2, 0) is 0 Å². The van der Waals surface area contributed by atoms with E-state index < -0.39 is 0 Å². The summed E-state index contributed by atoms with van der Waals surface area (Å²) in [4.78, 5) is 15.3. The summed E-state index contributed by atoms with van der Waals surface area (Å²) in [6.45, 7) is 2.92. The molecular formula is C11H14N2OS. The molecule has 1 aromatic heterocycles. The molecule has 2 unspecified atom stereocenters. The second kappa shape index (κ2) is 3.30. The average molecular weight is 222 g/mol. The van der Waals surface area contributed by atoms with Gasteiger partial charge in [-0.2, -0.15) is 4.37 Å². The van der Waals surface area contributed by atoms with Gasteiger partial charge in [0.25, 0.3) is 5.91 Å². The van der Waals surface area contributed by atoms with Crippen molar-refractivity contribution in [3.63, 3.8) is 0 Å². The number of hydrogen-bond acceptors (Lipinski definition) is 3. The van der Waals surface area contributed by atoms with Crippen LogP contribution in [0.3, 0.4) is 0 Å². The molecule has 0 spiro atoms. The van der Waals surface area contributed by atoms with Gasteiger partial charge in [0.2, 0.25) is 0 Å². The normalized spacial score (nSPS) is 28.7. The quantitative estimate of drug-likeness (QED) is 0.729. The maximum absolute atomic E-state index is 12.1. The molecule has 1 aromatic rings. The van der Waals surface area contributed by atoms with E-state index in [1.165, 1.54) is 24.4 Å². The first-order chi connectivity index (χ1) is 7.25. The Kier molecular flexibility index (Phi) is 2.06. The fraction of sp³-hybridized carbons (Fsp3) is 0.636. The lowest BCUT2D eigenvalue weighted by atomic mass is 10.1. The summed E-state index contributed by atoms with van der Waals surface area (Å²) in [6.07, 6.45) is 3.69. The lowest BCUT2D eigenvalue weighted by molar-refractivity contribution is 0.0701. The Morgan fingerprint density at radius 1 is 1.67 bits per heavy atom. The van der Waals surface area contributed by atoms with E-state index in [1.807, 2.05) is 17.9 Å². The Hall–Kier alpha value is -0.900. The number of hydrogen-bond donors (Lipinski definition) is 0. The van der Waals surface area contributed by atoms with Gasteiger partial charge in [0.1, 0.15) is 5.69 Å². The maximum atomic E-state index is 12.1. The van der Waals surface area contributed by atoms with Crippen LogP contribution in [-0.4, -0.2) is 27.8 Å². The first-order valence-corrected chi connectivity index (χ1v) is 6.27. The minimum absolute atomic E-state index is 0.145. The van der Waals surface area contributed by atoms with Gasteiger partial charge in [0, 0.05) is 17.5 Å². The van der Waals surface area contributed by atoms with E-state index in [4.69, 9.17) is 0 Å². The highest BCUT2D eigenvalue weighted by molar-refractivity contribution is 7.05. The van der Waals surface area contributed by atoms with Crippen LogP contribution >= 0.6 is 11.5 Å². The molecule has 1 aliphatic heterocycles. The van der Waals surface area contributed by atoms with Crippen LogP contribution in [0.5, 0.6) is 0 Å². The Morgan fingerprint density at radius 3 is 3.27 bits per heavy atom. The Bertz CT molecular complexity index is 401. The number of rotatable bonds is 1. The standard InChI is InChI=1S/C11H14N2OS/c1-7-5-9(12-15-7)11(14)13-4-2-3-8-6-10(8)13/h5,8,10H,2-4,6H2,1H3. The Morgan fingerprint density at radius 2 is 2.53 bits per heavy atom. The summed E-state index contributed by atoms with van der Waals surface area (Å²) < 4.78 is 4.19. The van der Waals surface area contributed by atoms with E-state index in [0.29, 0.717) is 11.7 Å². The number of fused-ring (bicyclic) bond motifs is 1. The molecule has 2 heterocycles. The summed E-state index contributed by atoms with van der Waals surface area (Å²) in [5, 5.41) is 0. The second-order valence-corrected chi connectivity index (χ2v) is 5.54. The van der Waals surface area contributed by atoms with Crippen LogP contribution in [0, 0.1) is 12.8 Å². The maximum Gasteiger partial charge on any atom is 0.273 e. The van der Waals surface area contributed by atoms with Gasteiger partial charge in [-0.1, -0.05) is 0 Å². The number of nitrogens with zero attached hydrogens (tertiary/aromatic N) is 2. The van der Waals surface area contributed by atoms with Crippen molar-refractivity contribution >= 4 is 17.4 Å². The number of likely N-dealkylation sites (tertiary alicyclic amines) is 1. The highest BCUT2D eigenvalue weighted by atomic mass is 32.1. The van der Waals surface area contributed by atoms with E-state index in [2.05, 4.69) is 4.37 Å². The molecular weight excluding hydrogens is 208 g/mol. The zero-order valence-electron chi connectivity index (χ0n) is 8.77. The zero-order chi connectivity index (χ0) is 10.4. The van der Waals surface area contributed by atoms with Crippen LogP contribution in [0.2, 0.25) is 0 Å². The van der Waals surface area contributed by atoms with Gasteiger partial charge < -0.3 is 4.90 Å². The third-order valence-electron chi connectivity index (χ3n) is 3.37. The molecule has 80 valence electrons. The number of aryl methyl sites for hydroxylation is 1. The monoisotopic (exact) mass is 222 g/mol. The van der Waals surface area contributed by atoms with Crippen LogP contribution in [0.25, 0.3) is 0 Å². The SMILES string of the molecule is Cc1cc(C(=O)N2CCCC3CC32)ns1. The highest BCUT2D eigenvalue weighted by Crippen LogP contribution is 2.43. The predicted molar refractivity (Wildman–Crippen MR) is 59.0 cm³/mol. The molecule has 4 heteroatoms. The summed E-state index contributed by atoms with van der Waals surface area (Å²) in [5.74, 6) is 0.939. The molecule has 0 bridgehead atoms. The van der Waals surface area contributed by atoms with Crippen molar-refractivity contribution in [3.05, 3.63) is 16.6 Å². The zero-order valence-corrected chi connectivity index (χ0v) is 9.59. The third kappa shape index (κ3) is 1.57. The van der Waals surface area contributed by atoms with Crippen LogP contribution in [0.15, 0.2) is 6.07 Å². The van der Waals surface area contributed by atoms with Gasteiger partial charge in [-0.15, -0.1) is 0 Å². The second-order valence-electron chi connectivity index (χ2n) is 4.53. The van der Waals surface area contributed by atoms with E-state index in [1.54, 1.807) is 0 Å². The van der Waals surface area contributed by atoms with Crippen molar-refractivity contribution < 1.29 is 4.79 Å². The van der Waals surface area contributed by atoms with Crippen LogP contribution in [0.4, 0.5) is 0 Å². The van der Waals surface area contributed by atoms with Gasteiger partial charge in [-0.3, -0.25) is 4.79 Å². The molecule has 2 fully saturated rings. The molecule has 1 saturated carbocycles. The molecule has 1 amide bonds. The summed E-state index contributed by atoms with van der Waals surface area (Å²) in [7, 11) is 0. The molecule has 0 radical (unpaired) electrons. The third-order valence-corrected chi connectivity index (χ3v) is 4.06. The molecule has 3 nitrogen and oxygen atoms in total. The number of piperidine rings is 1. The van der Waals surface area contributed by atoms with Crippen LogP contribution in [0.1, 0.15) is 34.6 Å². The molecule has 1 aliphatic carbocycles.